The fraction of sp³-hybridized carbons (Fsp3) is 0.316. The average molecular weight is 338 g/mol. The third-order valence-electron chi connectivity index (χ3n) is 4.26. The van der Waals surface area contributed by atoms with Crippen LogP contribution in [0.3, 0.4) is 0 Å². The molecule has 0 aliphatic carbocycles. The van der Waals surface area contributed by atoms with Crippen molar-refractivity contribution < 1.29 is 9.59 Å². The Morgan fingerprint density at radius 3 is 2.76 bits per heavy atom. The van der Waals surface area contributed by atoms with Crippen molar-refractivity contribution in [1.82, 2.24) is 15.2 Å². The van der Waals surface area contributed by atoms with Crippen molar-refractivity contribution in [3.8, 4) is 0 Å². The lowest BCUT2D eigenvalue weighted by molar-refractivity contribution is -0.144. The standard InChI is InChI=1S/C19H22N4O2/c24-18(22-16-8-4-10-20-13-16)19(25)23-11-5-9-17(14-23)21-12-15-6-2-1-3-7-15/h1-4,6-8,10,13,17,21H,5,9,11-12,14H2,(H,22,24)/t17-/m1/s1. The Labute approximate surface area is 147 Å². The minimum atomic E-state index is -0.614. The molecule has 25 heavy (non-hydrogen) atoms. The molecule has 2 aromatic rings. The number of hydrogen-bond donors (Lipinski definition) is 2. The lowest BCUT2D eigenvalue weighted by atomic mass is 10.0. The van der Waals surface area contributed by atoms with Crippen LogP contribution in [0, 0.1) is 0 Å². The van der Waals surface area contributed by atoms with Crippen molar-refractivity contribution >= 4 is 17.5 Å². The number of piperidine rings is 1. The van der Waals surface area contributed by atoms with Crippen LogP contribution < -0.4 is 10.6 Å². The van der Waals surface area contributed by atoms with Gasteiger partial charge in [0.25, 0.3) is 0 Å². The lowest BCUT2D eigenvalue weighted by Gasteiger charge is -2.32. The highest BCUT2D eigenvalue weighted by molar-refractivity contribution is 6.39. The number of rotatable bonds is 4. The first-order chi connectivity index (χ1) is 12.2. The molecule has 1 aromatic carbocycles. The fourth-order valence-corrected chi connectivity index (χ4v) is 2.95. The van der Waals surface area contributed by atoms with E-state index in [2.05, 4.69) is 27.8 Å². The topological polar surface area (TPSA) is 74.3 Å². The van der Waals surface area contributed by atoms with E-state index in [1.807, 2.05) is 18.2 Å². The van der Waals surface area contributed by atoms with E-state index in [4.69, 9.17) is 0 Å². The van der Waals surface area contributed by atoms with Gasteiger partial charge in [-0.1, -0.05) is 30.3 Å². The van der Waals surface area contributed by atoms with E-state index in [0.29, 0.717) is 18.8 Å². The van der Waals surface area contributed by atoms with Crippen molar-refractivity contribution in [1.29, 1.82) is 0 Å². The molecule has 1 fully saturated rings. The minimum Gasteiger partial charge on any atom is -0.333 e. The molecule has 0 unspecified atom stereocenters. The molecule has 130 valence electrons. The molecule has 0 saturated carbocycles. The van der Waals surface area contributed by atoms with Crippen LogP contribution in [0.4, 0.5) is 5.69 Å². The fourth-order valence-electron chi connectivity index (χ4n) is 2.95. The Morgan fingerprint density at radius 1 is 1.16 bits per heavy atom. The van der Waals surface area contributed by atoms with Gasteiger partial charge >= 0.3 is 11.8 Å². The maximum atomic E-state index is 12.4. The first kappa shape index (κ1) is 17.1. The van der Waals surface area contributed by atoms with Gasteiger partial charge in [-0.3, -0.25) is 14.6 Å². The summed E-state index contributed by atoms with van der Waals surface area (Å²) in [5, 5.41) is 6.07. The summed E-state index contributed by atoms with van der Waals surface area (Å²) >= 11 is 0. The molecule has 2 heterocycles. The van der Waals surface area contributed by atoms with Gasteiger partial charge in [-0.15, -0.1) is 0 Å². The summed E-state index contributed by atoms with van der Waals surface area (Å²) < 4.78 is 0. The van der Waals surface area contributed by atoms with Crippen LogP contribution in [0.15, 0.2) is 54.9 Å². The summed E-state index contributed by atoms with van der Waals surface area (Å²) in [7, 11) is 0. The van der Waals surface area contributed by atoms with Gasteiger partial charge in [-0.25, -0.2) is 0 Å². The van der Waals surface area contributed by atoms with Gasteiger partial charge in [0.15, 0.2) is 0 Å². The van der Waals surface area contributed by atoms with Crippen molar-refractivity contribution in [2.45, 2.75) is 25.4 Å². The first-order valence-electron chi connectivity index (χ1n) is 8.50. The summed E-state index contributed by atoms with van der Waals surface area (Å²) in [5.74, 6) is -1.10. The second-order valence-corrected chi connectivity index (χ2v) is 6.15. The molecule has 0 spiro atoms. The summed E-state index contributed by atoms with van der Waals surface area (Å²) in [4.78, 5) is 30.1. The molecule has 1 aliphatic heterocycles. The van der Waals surface area contributed by atoms with Gasteiger partial charge in [0.2, 0.25) is 0 Å². The minimum absolute atomic E-state index is 0.198. The molecule has 2 N–H and O–H groups in total. The van der Waals surface area contributed by atoms with E-state index in [1.54, 1.807) is 23.2 Å². The predicted octanol–water partition coefficient (Wildman–Crippen LogP) is 1.80. The maximum Gasteiger partial charge on any atom is 0.313 e. The molecule has 3 rings (SSSR count). The van der Waals surface area contributed by atoms with E-state index in [-0.39, 0.29) is 6.04 Å². The monoisotopic (exact) mass is 338 g/mol. The molecule has 1 saturated heterocycles. The number of nitrogens with one attached hydrogen (secondary N) is 2. The Morgan fingerprint density at radius 2 is 2.00 bits per heavy atom. The number of carbonyl (C=O) groups excluding carboxylic acids is 2. The Balaban J connectivity index is 1.51. The average Bonchev–Trinajstić information content (AvgIpc) is 2.67. The zero-order valence-corrected chi connectivity index (χ0v) is 14.0. The molecular formula is C19H22N4O2. The van der Waals surface area contributed by atoms with Crippen LogP contribution in [0.2, 0.25) is 0 Å². The maximum absolute atomic E-state index is 12.4. The van der Waals surface area contributed by atoms with Gasteiger partial charge in [0.05, 0.1) is 11.9 Å². The molecule has 6 heteroatoms. The van der Waals surface area contributed by atoms with Gasteiger partial charge in [-0.05, 0) is 30.5 Å². The molecule has 1 aliphatic rings. The predicted molar refractivity (Wildman–Crippen MR) is 95.8 cm³/mol. The quantitative estimate of drug-likeness (QED) is 0.834. The van der Waals surface area contributed by atoms with Gasteiger partial charge in [0, 0.05) is 31.9 Å². The zero-order valence-electron chi connectivity index (χ0n) is 14.0. The summed E-state index contributed by atoms with van der Waals surface area (Å²) in [6.07, 6.45) is 5.02. The van der Waals surface area contributed by atoms with Crippen molar-refractivity contribution in [3.05, 3.63) is 60.4 Å². The first-order valence-corrected chi connectivity index (χ1v) is 8.50. The Bertz CT molecular complexity index is 706. The van der Waals surface area contributed by atoms with E-state index in [0.717, 1.165) is 19.4 Å². The molecule has 0 radical (unpaired) electrons. The highest BCUT2D eigenvalue weighted by atomic mass is 16.2. The van der Waals surface area contributed by atoms with Gasteiger partial charge in [0.1, 0.15) is 0 Å². The number of likely N-dealkylation sites (tertiary alicyclic amines) is 1. The normalized spacial score (nSPS) is 17.1. The largest absolute Gasteiger partial charge is 0.333 e. The summed E-state index contributed by atoms with van der Waals surface area (Å²) in [6.45, 7) is 1.92. The number of anilines is 1. The van der Waals surface area contributed by atoms with Crippen LogP contribution in [0.5, 0.6) is 0 Å². The SMILES string of the molecule is O=C(Nc1cccnc1)C(=O)N1CCC[C@@H](NCc2ccccc2)C1. The third-order valence-corrected chi connectivity index (χ3v) is 4.26. The van der Waals surface area contributed by atoms with E-state index < -0.39 is 11.8 Å². The van der Waals surface area contributed by atoms with Gasteiger partial charge in [-0.2, -0.15) is 0 Å². The molecule has 6 nitrogen and oxygen atoms in total. The van der Waals surface area contributed by atoms with Crippen molar-refractivity contribution in [2.75, 3.05) is 18.4 Å². The lowest BCUT2D eigenvalue weighted by Crippen LogP contribution is -2.50. The van der Waals surface area contributed by atoms with Crippen LogP contribution in [0.1, 0.15) is 18.4 Å². The summed E-state index contributed by atoms with van der Waals surface area (Å²) in [6, 6.07) is 13.8. The van der Waals surface area contributed by atoms with E-state index in [9.17, 15) is 9.59 Å². The number of pyridine rings is 1. The molecule has 1 atom stereocenters. The van der Waals surface area contributed by atoms with Crippen LogP contribution in [0.25, 0.3) is 0 Å². The molecule has 2 amide bonds. The van der Waals surface area contributed by atoms with Crippen LogP contribution >= 0.6 is 0 Å². The van der Waals surface area contributed by atoms with Crippen molar-refractivity contribution in [2.24, 2.45) is 0 Å². The smallest absolute Gasteiger partial charge is 0.313 e. The molecule has 0 bridgehead atoms. The summed E-state index contributed by atoms with van der Waals surface area (Å²) in [5.41, 5.74) is 1.73. The number of carbonyl (C=O) groups is 2. The molecule has 1 aromatic heterocycles. The second kappa shape index (κ2) is 8.39. The third kappa shape index (κ3) is 4.87. The Kier molecular flexibility index (Phi) is 5.74. The second-order valence-electron chi connectivity index (χ2n) is 6.15. The number of amides is 2. The van der Waals surface area contributed by atoms with Crippen LogP contribution in [-0.2, 0) is 16.1 Å². The number of hydrogen-bond acceptors (Lipinski definition) is 4. The highest BCUT2D eigenvalue weighted by Crippen LogP contribution is 2.12. The highest BCUT2D eigenvalue weighted by Gasteiger charge is 2.27. The number of benzene rings is 1. The van der Waals surface area contributed by atoms with E-state index >= 15 is 0 Å². The zero-order chi connectivity index (χ0) is 17.5. The van der Waals surface area contributed by atoms with Crippen LogP contribution in [-0.4, -0.2) is 40.8 Å². The Hall–Kier alpha value is -2.73. The number of aromatic nitrogens is 1. The van der Waals surface area contributed by atoms with Crippen molar-refractivity contribution in [3.63, 3.8) is 0 Å². The van der Waals surface area contributed by atoms with E-state index in [1.165, 1.54) is 11.8 Å². The number of nitrogens with zero attached hydrogens (tertiary/aromatic N) is 2. The van der Waals surface area contributed by atoms with Gasteiger partial charge < -0.3 is 15.5 Å². The molecular weight excluding hydrogens is 316 g/mol.